The predicted molar refractivity (Wildman–Crippen MR) is 105 cm³/mol. The van der Waals surface area contributed by atoms with E-state index in [1.807, 2.05) is 18.3 Å². The van der Waals surface area contributed by atoms with Gasteiger partial charge in [0.15, 0.2) is 5.82 Å². The van der Waals surface area contributed by atoms with E-state index in [0.29, 0.717) is 5.82 Å². The Bertz CT molecular complexity index is 897. The van der Waals surface area contributed by atoms with Crippen LogP contribution in [0, 0.1) is 0 Å². The van der Waals surface area contributed by atoms with Gasteiger partial charge in [0.25, 0.3) is 0 Å². The number of ether oxygens (including phenoxy) is 1. The second-order valence-corrected chi connectivity index (χ2v) is 7.00. The molecule has 0 saturated heterocycles. The second-order valence-electron chi connectivity index (χ2n) is 6.12. The molecule has 0 spiro atoms. The van der Waals surface area contributed by atoms with Gasteiger partial charge in [-0.05, 0) is 42.7 Å². The van der Waals surface area contributed by atoms with Gasteiger partial charge in [-0.25, -0.2) is 15.0 Å². The Morgan fingerprint density at radius 2 is 1.88 bits per heavy atom. The van der Waals surface area contributed by atoms with Crippen LogP contribution < -0.4 is 9.64 Å². The summed E-state index contributed by atoms with van der Waals surface area (Å²) in [5, 5.41) is 0. The fourth-order valence-corrected chi connectivity index (χ4v) is 3.49. The third-order valence-electron chi connectivity index (χ3n) is 4.57. The van der Waals surface area contributed by atoms with Crippen molar-refractivity contribution in [1.29, 1.82) is 0 Å². The first-order valence-electron chi connectivity index (χ1n) is 8.51. The number of benzene rings is 1. The second kappa shape index (κ2) is 7.33. The molecule has 0 unspecified atom stereocenters. The molecule has 1 aliphatic rings. The summed E-state index contributed by atoms with van der Waals surface area (Å²) in [5.74, 6) is 1.40. The van der Waals surface area contributed by atoms with E-state index in [1.54, 1.807) is 25.1 Å². The van der Waals surface area contributed by atoms with E-state index in [1.165, 1.54) is 16.1 Å². The maximum Gasteiger partial charge on any atom is 0.178 e. The van der Waals surface area contributed by atoms with Gasteiger partial charge in [-0.15, -0.1) is 11.8 Å². The lowest BCUT2D eigenvalue weighted by Gasteiger charge is -2.30. The van der Waals surface area contributed by atoms with Crippen LogP contribution in [0.5, 0.6) is 5.75 Å². The average molecular weight is 364 g/mol. The van der Waals surface area contributed by atoms with Crippen molar-refractivity contribution in [3.8, 4) is 17.3 Å². The number of hydrogen-bond donors (Lipinski definition) is 0. The molecular weight excluding hydrogens is 344 g/mol. The Kier molecular flexibility index (Phi) is 4.75. The number of thioether (sulfide) groups is 1. The molecule has 4 rings (SSSR count). The minimum atomic E-state index is 0.671. The molecule has 3 aromatic rings. The zero-order valence-corrected chi connectivity index (χ0v) is 15.7. The number of aromatic nitrogens is 3. The maximum atomic E-state index is 5.15. The van der Waals surface area contributed by atoms with Crippen LogP contribution in [0.2, 0.25) is 0 Å². The highest BCUT2D eigenvalue weighted by Gasteiger charge is 2.19. The molecule has 0 saturated carbocycles. The van der Waals surface area contributed by atoms with E-state index in [2.05, 4.69) is 45.4 Å². The first-order chi connectivity index (χ1) is 12.8. The van der Waals surface area contributed by atoms with Crippen LogP contribution in [-0.2, 0) is 13.0 Å². The molecule has 0 radical (unpaired) electrons. The molecule has 0 bridgehead atoms. The molecule has 26 heavy (non-hydrogen) atoms. The monoisotopic (exact) mass is 364 g/mol. The first kappa shape index (κ1) is 16.8. The van der Waals surface area contributed by atoms with Crippen molar-refractivity contribution in [3.63, 3.8) is 0 Å². The summed E-state index contributed by atoms with van der Waals surface area (Å²) in [6.45, 7) is 1.79. The minimum absolute atomic E-state index is 0.671. The van der Waals surface area contributed by atoms with Crippen molar-refractivity contribution in [2.24, 2.45) is 0 Å². The lowest BCUT2D eigenvalue weighted by Crippen LogP contribution is -2.31. The first-order valence-corrected chi connectivity index (χ1v) is 9.73. The van der Waals surface area contributed by atoms with Gasteiger partial charge in [-0.1, -0.05) is 0 Å². The number of anilines is 1. The molecule has 6 heteroatoms. The molecule has 0 fully saturated rings. The normalized spacial score (nSPS) is 13.4. The lowest BCUT2D eigenvalue weighted by molar-refractivity contribution is 0.413. The van der Waals surface area contributed by atoms with Crippen LogP contribution in [0.1, 0.15) is 11.3 Å². The lowest BCUT2D eigenvalue weighted by atomic mass is 10.1. The van der Waals surface area contributed by atoms with Gasteiger partial charge >= 0.3 is 0 Å². The van der Waals surface area contributed by atoms with Crippen LogP contribution in [0.15, 0.2) is 53.7 Å². The summed E-state index contributed by atoms with van der Waals surface area (Å²) in [6, 6.07) is 12.5. The molecule has 1 aliphatic heterocycles. The van der Waals surface area contributed by atoms with Crippen LogP contribution in [-0.4, -0.2) is 34.9 Å². The van der Waals surface area contributed by atoms with Crippen LogP contribution in [0.4, 0.5) is 5.69 Å². The number of fused-ring (bicyclic) bond motifs is 1. The smallest absolute Gasteiger partial charge is 0.178 e. The van der Waals surface area contributed by atoms with Gasteiger partial charge in [0.2, 0.25) is 0 Å². The largest absolute Gasteiger partial charge is 0.495 e. The highest BCUT2D eigenvalue weighted by molar-refractivity contribution is 7.98. The Balaban J connectivity index is 1.54. The minimum Gasteiger partial charge on any atom is -0.495 e. The fourth-order valence-electron chi connectivity index (χ4n) is 3.09. The molecule has 0 N–H and O–H groups in total. The van der Waals surface area contributed by atoms with E-state index < -0.39 is 0 Å². The van der Waals surface area contributed by atoms with Gasteiger partial charge < -0.3 is 9.64 Å². The van der Waals surface area contributed by atoms with Crippen LogP contribution in [0.25, 0.3) is 11.5 Å². The Morgan fingerprint density at radius 1 is 1.04 bits per heavy atom. The SMILES string of the molecule is COc1ccc(-c2ncc3c(n2)CCN(c2ccc(SC)cc2)C3)nc1. The average Bonchev–Trinajstić information content (AvgIpc) is 2.73. The van der Waals surface area contributed by atoms with E-state index >= 15 is 0 Å². The summed E-state index contributed by atoms with van der Waals surface area (Å²) in [7, 11) is 1.63. The van der Waals surface area contributed by atoms with Gasteiger partial charge in [0, 0.05) is 41.9 Å². The molecule has 1 aromatic carbocycles. The fraction of sp³-hybridized carbons (Fsp3) is 0.250. The molecule has 5 nitrogen and oxygen atoms in total. The van der Waals surface area contributed by atoms with Crippen LogP contribution in [0.3, 0.4) is 0 Å². The van der Waals surface area contributed by atoms with Gasteiger partial charge in [0.1, 0.15) is 11.4 Å². The summed E-state index contributed by atoms with van der Waals surface area (Å²) in [4.78, 5) is 17.3. The van der Waals surface area contributed by atoms with Gasteiger partial charge in [-0.3, -0.25) is 0 Å². The molecule has 132 valence electrons. The molecular formula is C20H20N4OS. The zero-order valence-electron chi connectivity index (χ0n) is 14.8. The van der Waals surface area contributed by atoms with Crippen molar-refractivity contribution >= 4 is 17.4 Å². The Hall–Kier alpha value is -2.60. The van der Waals surface area contributed by atoms with Crippen LogP contribution >= 0.6 is 11.8 Å². The Morgan fingerprint density at radius 3 is 2.58 bits per heavy atom. The van der Waals surface area contributed by atoms with Crippen molar-refractivity contribution in [1.82, 2.24) is 15.0 Å². The predicted octanol–water partition coefficient (Wildman–Crippen LogP) is 3.83. The summed E-state index contributed by atoms with van der Waals surface area (Å²) < 4.78 is 5.15. The standard InChI is InChI=1S/C20H20N4OS/c1-25-16-5-8-19(21-12-16)20-22-11-14-13-24(10-9-18(14)23-20)15-3-6-17(26-2)7-4-15/h3-8,11-12H,9-10,13H2,1-2H3. The number of pyridine rings is 1. The number of methoxy groups -OCH3 is 1. The molecule has 2 aromatic heterocycles. The molecule has 3 heterocycles. The number of rotatable bonds is 4. The number of hydrogen-bond acceptors (Lipinski definition) is 6. The number of nitrogens with zero attached hydrogens (tertiary/aromatic N) is 4. The van der Waals surface area contributed by atoms with Gasteiger partial charge in [-0.2, -0.15) is 0 Å². The summed E-state index contributed by atoms with van der Waals surface area (Å²) >= 11 is 1.76. The van der Waals surface area contributed by atoms with E-state index in [0.717, 1.165) is 36.6 Å². The third kappa shape index (κ3) is 3.37. The van der Waals surface area contributed by atoms with Crippen molar-refractivity contribution in [2.45, 2.75) is 17.9 Å². The highest BCUT2D eigenvalue weighted by atomic mass is 32.2. The van der Waals surface area contributed by atoms with Gasteiger partial charge in [0.05, 0.1) is 19.0 Å². The molecule has 0 aliphatic carbocycles. The van der Waals surface area contributed by atoms with Crippen molar-refractivity contribution in [3.05, 3.63) is 60.0 Å². The maximum absolute atomic E-state index is 5.15. The summed E-state index contributed by atoms with van der Waals surface area (Å²) in [6.07, 6.45) is 6.63. The highest BCUT2D eigenvalue weighted by Crippen LogP contribution is 2.26. The van der Waals surface area contributed by atoms with Crippen molar-refractivity contribution in [2.75, 3.05) is 24.8 Å². The van der Waals surface area contributed by atoms with E-state index in [9.17, 15) is 0 Å². The Labute approximate surface area is 157 Å². The zero-order chi connectivity index (χ0) is 17.9. The van der Waals surface area contributed by atoms with Crippen molar-refractivity contribution < 1.29 is 4.74 Å². The summed E-state index contributed by atoms with van der Waals surface area (Å²) in [5.41, 5.74) is 4.31. The third-order valence-corrected chi connectivity index (χ3v) is 5.32. The molecule has 0 atom stereocenters. The molecule has 0 amide bonds. The topological polar surface area (TPSA) is 51.1 Å². The van der Waals surface area contributed by atoms with E-state index in [4.69, 9.17) is 9.72 Å². The quantitative estimate of drug-likeness (QED) is 0.656. The van der Waals surface area contributed by atoms with E-state index in [-0.39, 0.29) is 0 Å².